The van der Waals surface area contributed by atoms with Crippen LogP contribution in [0.5, 0.6) is 0 Å². The third kappa shape index (κ3) is 4.80. The molecule has 0 aromatic carbocycles. The van der Waals surface area contributed by atoms with E-state index in [1.807, 2.05) is 12.1 Å². The highest BCUT2D eigenvalue weighted by Gasteiger charge is 2.21. The first-order valence-electron chi connectivity index (χ1n) is 5.99. The molecule has 1 heterocycles. The molecule has 1 aromatic heterocycles. The van der Waals surface area contributed by atoms with Crippen molar-refractivity contribution in [3.8, 4) is 0 Å². The molecule has 1 rings (SSSR count). The normalized spacial score (nSPS) is 12.1. The van der Waals surface area contributed by atoms with Gasteiger partial charge in [0.2, 0.25) is 0 Å². The van der Waals surface area contributed by atoms with Gasteiger partial charge in [-0.2, -0.15) is 0 Å². The molecule has 0 bridgehead atoms. The number of hydrogen-bond acceptors (Lipinski definition) is 4. The number of hydrogen-bond donors (Lipinski definition) is 1. The molecule has 3 nitrogen and oxygen atoms in total. The molecule has 0 saturated heterocycles. The topological polar surface area (TPSA) is 40.5 Å². The van der Waals surface area contributed by atoms with E-state index in [1.54, 1.807) is 0 Å². The molecular formula is C13H20BrNO2S. The van der Waals surface area contributed by atoms with Crippen LogP contribution in [0.15, 0.2) is 15.9 Å². The first-order chi connectivity index (χ1) is 8.34. The van der Waals surface area contributed by atoms with Crippen LogP contribution in [0.4, 0.5) is 0 Å². The summed E-state index contributed by atoms with van der Waals surface area (Å²) < 4.78 is 0.980. The highest BCUT2D eigenvalue weighted by atomic mass is 79.9. The maximum absolute atomic E-state index is 12.0. The maximum atomic E-state index is 12.0. The zero-order valence-corrected chi connectivity index (χ0v) is 13.5. The molecule has 102 valence electrons. The average molecular weight is 334 g/mol. The Morgan fingerprint density at radius 1 is 1.39 bits per heavy atom. The Labute approximate surface area is 121 Å². The second-order valence-electron chi connectivity index (χ2n) is 5.16. The van der Waals surface area contributed by atoms with Crippen LogP contribution in [0.1, 0.15) is 36.9 Å². The van der Waals surface area contributed by atoms with Gasteiger partial charge in [-0.1, -0.05) is 0 Å². The summed E-state index contributed by atoms with van der Waals surface area (Å²) in [6.07, 6.45) is 0.490. The standard InChI is InChI=1S/C13H20BrNO2S/c1-13(2,3)15(8-9-16)7-6-10(17)11-4-5-12(14)18-11/h4-5,16H,6-9H2,1-3H3. The lowest BCUT2D eigenvalue weighted by molar-refractivity contribution is 0.0856. The summed E-state index contributed by atoms with van der Waals surface area (Å²) in [6, 6.07) is 3.75. The molecule has 0 aliphatic carbocycles. The van der Waals surface area contributed by atoms with Gasteiger partial charge in [0.1, 0.15) is 0 Å². The van der Waals surface area contributed by atoms with Crippen molar-refractivity contribution >= 4 is 33.0 Å². The fourth-order valence-corrected chi connectivity index (χ4v) is 3.08. The molecule has 5 heteroatoms. The van der Waals surface area contributed by atoms with Crippen LogP contribution in [0, 0.1) is 0 Å². The number of rotatable bonds is 6. The van der Waals surface area contributed by atoms with Gasteiger partial charge in [-0.25, -0.2) is 0 Å². The van der Waals surface area contributed by atoms with E-state index in [-0.39, 0.29) is 17.9 Å². The SMILES string of the molecule is CC(C)(C)N(CCO)CCC(=O)c1ccc(Br)s1. The summed E-state index contributed by atoms with van der Waals surface area (Å²) in [4.78, 5) is 14.9. The number of halogens is 1. The van der Waals surface area contributed by atoms with E-state index >= 15 is 0 Å². The van der Waals surface area contributed by atoms with E-state index in [1.165, 1.54) is 11.3 Å². The van der Waals surface area contributed by atoms with Crippen molar-refractivity contribution in [3.63, 3.8) is 0 Å². The predicted molar refractivity (Wildman–Crippen MR) is 79.4 cm³/mol. The third-order valence-corrected chi connectivity index (χ3v) is 4.44. The van der Waals surface area contributed by atoms with Crippen molar-refractivity contribution in [2.75, 3.05) is 19.7 Å². The van der Waals surface area contributed by atoms with E-state index in [0.717, 1.165) is 8.66 Å². The second kappa shape index (κ2) is 6.80. The highest BCUT2D eigenvalue weighted by molar-refractivity contribution is 9.11. The fourth-order valence-electron chi connectivity index (χ4n) is 1.73. The Hall–Kier alpha value is -0.230. The van der Waals surface area contributed by atoms with Crippen LogP contribution in [-0.4, -0.2) is 41.0 Å². The van der Waals surface area contributed by atoms with Gasteiger partial charge < -0.3 is 5.11 Å². The number of aliphatic hydroxyl groups is 1. The van der Waals surface area contributed by atoms with E-state index < -0.39 is 0 Å². The van der Waals surface area contributed by atoms with Crippen LogP contribution in [0.2, 0.25) is 0 Å². The summed E-state index contributed by atoms with van der Waals surface area (Å²) in [5.41, 5.74) is -0.0287. The summed E-state index contributed by atoms with van der Waals surface area (Å²) in [5.74, 6) is 0.165. The Kier molecular flexibility index (Phi) is 5.98. The molecule has 0 spiro atoms. The maximum Gasteiger partial charge on any atom is 0.174 e. The Morgan fingerprint density at radius 2 is 2.06 bits per heavy atom. The smallest absolute Gasteiger partial charge is 0.174 e. The average Bonchev–Trinajstić information content (AvgIpc) is 2.69. The van der Waals surface area contributed by atoms with Gasteiger partial charge in [0.15, 0.2) is 5.78 Å². The molecule has 0 unspecified atom stereocenters. The van der Waals surface area contributed by atoms with E-state index in [0.29, 0.717) is 19.5 Å². The lowest BCUT2D eigenvalue weighted by atomic mass is 10.1. The molecule has 0 aliphatic rings. The van der Waals surface area contributed by atoms with Gasteiger partial charge in [0.25, 0.3) is 0 Å². The molecule has 0 saturated carbocycles. The van der Waals surface area contributed by atoms with E-state index in [4.69, 9.17) is 5.11 Å². The number of carbonyl (C=O) groups is 1. The number of nitrogens with zero attached hydrogens (tertiary/aromatic N) is 1. The zero-order valence-electron chi connectivity index (χ0n) is 11.1. The summed E-state index contributed by atoms with van der Waals surface area (Å²) in [7, 11) is 0. The van der Waals surface area contributed by atoms with Crippen LogP contribution in [0.3, 0.4) is 0 Å². The number of carbonyl (C=O) groups excluding carboxylic acids is 1. The van der Waals surface area contributed by atoms with E-state index in [2.05, 4.69) is 41.6 Å². The minimum atomic E-state index is -0.0287. The largest absolute Gasteiger partial charge is 0.395 e. The van der Waals surface area contributed by atoms with Crippen molar-refractivity contribution < 1.29 is 9.90 Å². The molecule has 0 fully saturated rings. The van der Waals surface area contributed by atoms with Gasteiger partial charge in [-0.3, -0.25) is 9.69 Å². The predicted octanol–water partition coefficient (Wildman–Crippen LogP) is 3.18. The van der Waals surface area contributed by atoms with Crippen LogP contribution in [-0.2, 0) is 0 Å². The monoisotopic (exact) mass is 333 g/mol. The fraction of sp³-hybridized carbons (Fsp3) is 0.615. The van der Waals surface area contributed by atoms with Crippen molar-refractivity contribution in [1.29, 1.82) is 0 Å². The lowest BCUT2D eigenvalue weighted by Crippen LogP contribution is -2.44. The van der Waals surface area contributed by atoms with Crippen molar-refractivity contribution in [2.45, 2.75) is 32.7 Å². The third-order valence-electron chi connectivity index (χ3n) is 2.78. The number of Topliss-reactive ketones (excluding diaryl/α,β-unsaturated/α-hetero) is 1. The van der Waals surface area contributed by atoms with Crippen molar-refractivity contribution in [3.05, 3.63) is 20.8 Å². The van der Waals surface area contributed by atoms with Crippen LogP contribution in [0.25, 0.3) is 0 Å². The Morgan fingerprint density at radius 3 is 2.50 bits per heavy atom. The molecule has 18 heavy (non-hydrogen) atoms. The van der Waals surface area contributed by atoms with Crippen LogP contribution >= 0.6 is 27.3 Å². The lowest BCUT2D eigenvalue weighted by Gasteiger charge is -2.34. The summed E-state index contributed by atoms with van der Waals surface area (Å²) >= 11 is 4.83. The van der Waals surface area contributed by atoms with Gasteiger partial charge in [-0.05, 0) is 48.8 Å². The van der Waals surface area contributed by atoms with Gasteiger partial charge in [-0.15, -0.1) is 11.3 Å². The molecule has 0 aliphatic heterocycles. The van der Waals surface area contributed by atoms with Gasteiger partial charge >= 0.3 is 0 Å². The Balaban J connectivity index is 2.55. The molecule has 0 radical (unpaired) electrons. The summed E-state index contributed by atoms with van der Waals surface area (Å²) in [5, 5.41) is 9.05. The number of thiophene rings is 1. The highest BCUT2D eigenvalue weighted by Crippen LogP contribution is 2.23. The van der Waals surface area contributed by atoms with Crippen molar-refractivity contribution in [2.24, 2.45) is 0 Å². The number of aliphatic hydroxyl groups excluding tert-OH is 1. The summed E-state index contributed by atoms with van der Waals surface area (Å²) in [6.45, 7) is 7.68. The van der Waals surface area contributed by atoms with Gasteiger partial charge in [0, 0.05) is 25.0 Å². The minimum absolute atomic E-state index is 0.0287. The minimum Gasteiger partial charge on any atom is -0.395 e. The first kappa shape index (κ1) is 15.8. The van der Waals surface area contributed by atoms with E-state index in [9.17, 15) is 4.79 Å². The molecule has 1 aromatic rings. The van der Waals surface area contributed by atoms with Gasteiger partial charge in [0.05, 0.1) is 15.3 Å². The van der Waals surface area contributed by atoms with Crippen LogP contribution < -0.4 is 0 Å². The second-order valence-corrected chi connectivity index (χ2v) is 7.62. The number of ketones is 1. The van der Waals surface area contributed by atoms with Crippen molar-refractivity contribution in [1.82, 2.24) is 4.90 Å². The number of β-amino-alcohol motifs (C(OH)–C–C–N with tert-alkyl or cyclic N) is 1. The Bertz CT molecular complexity index is 398. The quantitative estimate of drug-likeness (QED) is 0.813. The zero-order chi connectivity index (χ0) is 13.8. The molecule has 0 amide bonds. The molecule has 0 atom stereocenters. The molecular weight excluding hydrogens is 314 g/mol. The molecule has 1 N–H and O–H groups in total. The first-order valence-corrected chi connectivity index (χ1v) is 7.60.